The van der Waals surface area contributed by atoms with Crippen molar-refractivity contribution in [2.45, 2.75) is 6.61 Å². The molecule has 0 spiro atoms. The Hall–Kier alpha value is -1.86. The number of carbonyl (C=O) groups is 1. The summed E-state index contributed by atoms with van der Waals surface area (Å²) in [5.41, 5.74) is 0.437. The summed E-state index contributed by atoms with van der Waals surface area (Å²) >= 11 is 0.854. The molecule has 1 aromatic heterocycles. The second-order valence-corrected chi connectivity index (χ2v) is 4.69. The van der Waals surface area contributed by atoms with Crippen molar-refractivity contribution >= 4 is 17.3 Å². The standard InChI is InChI=1S/C12H9F2NO3S/c1-18-5-9-10(12(16)17)19-11(15-9)6-2-7(13)4-8(14)3-6/h2-4H,5H2,1H3,(H,16,17). The predicted molar refractivity (Wildman–Crippen MR) is 65.1 cm³/mol. The van der Waals surface area contributed by atoms with Gasteiger partial charge in [0.1, 0.15) is 21.5 Å². The lowest BCUT2D eigenvalue weighted by atomic mass is 10.2. The van der Waals surface area contributed by atoms with Crippen LogP contribution in [0, 0.1) is 11.6 Å². The van der Waals surface area contributed by atoms with Gasteiger partial charge in [0.2, 0.25) is 0 Å². The molecule has 2 rings (SSSR count). The van der Waals surface area contributed by atoms with E-state index in [1.165, 1.54) is 7.11 Å². The van der Waals surface area contributed by atoms with E-state index in [-0.39, 0.29) is 27.7 Å². The van der Waals surface area contributed by atoms with Gasteiger partial charge in [0, 0.05) is 18.7 Å². The Morgan fingerprint density at radius 1 is 1.37 bits per heavy atom. The van der Waals surface area contributed by atoms with Crippen LogP contribution in [0.3, 0.4) is 0 Å². The van der Waals surface area contributed by atoms with Crippen LogP contribution in [-0.4, -0.2) is 23.2 Å². The van der Waals surface area contributed by atoms with Crippen molar-refractivity contribution in [1.82, 2.24) is 4.98 Å². The SMILES string of the molecule is COCc1nc(-c2cc(F)cc(F)c2)sc1C(=O)O. The van der Waals surface area contributed by atoms with Gasteiger partial charge in [0.25, 0.3) is 0 Å². The number of hydrogen-bond donors (Lipinski definition) is 1. The Morgan fingerprint density at radius 2 is 2.00 bits per heavy atom. The van der Waals surface area contributed by atoms with Crippen LogP contribution in [0.15, 0.2) is 18.2 Å². The molecule has 7 heteroatoms. The van der Waals surface area contributed by atoms with Gasteiger partial charge in [0.05, 0.1) is 12.3 Å². The highest BCUT2D eigenvalue weighted by Crippen LogP contribution is 2.29. The molecule has 100 valence electrons. The van der Waals surface area contributed by atoms with Gasteiger partial charge in [-0.3, -0.25) is 0 Å². The summed E-state index contributed by atoms with van der Waals surface area (Å²) in [5, 5.41) is 9.27. The van der Waals surface area contributed by atoms with E-state index in [1.807, 2.05) is 0 Å². The summed E-state index contributed by atoms with van der Waals surface area (Å²) in [4.78, 5) is 15.1. The minimum atomic E-state index is -1.15. The molecule has 0 aliphatic rings. The van der Waals surface area contributed by atoms with Crippen molar-refractivity contribution in [3.63, 3.8) is 0 Å². The smallest absolute Gasteiger partial charge is 0.347 e. The number of benzene rings is 1. The molecule has 0 aliphatic heterocycles. The lowest BCUT2D eigenvalue weighted by Crippen LogP contribution is -1.99. The van der Waals surface area contributed by atoms with Crippen molar-refractivity contribution in [3.05, 3.63) is 40.4 Å². The number of rotatable bonds is 4. The molecule has 1 N–H and O–H groups in total. The molecule has 19 heavy (non-hydrogen) atoms. The van der Waals surface area contributed by atoms with Crippen LogP contribution in [0.1, 0.15) is 15.4 Å². The van der Waals surface area contributed by atoms with Crippen molar-refractivity contribution in [3.8, 4) is 10.6 Å². The van der Waals surface area contributed by atoms with E-state index in [9.17, 15) is 13.6 Å². The van der Waals surface area contributed by atoms with Crippen molar-refractivity contribution in [2.75, 3.05) is 7.11 Å². The highest BCUT2D eigenvalue weighted by atomic mass is 32.1. The minimum absolute atomic E-state index is 0.00141. The molecule has 0 unspecified atom stereocenters. The van der Waals surface area contributed by atoms with Gasteiger partial charge < -0.3 is 9.84 Å². The molecule has 1 aromatic carbocycles. The second kappa shape index (κ2) is 5.41. The Morgan fingerprint density at radius 3 is 2.53 bits per heavy atom. The average molecular weight is 285 g/mol. The lowest BCUT2D eigenvalue weighted by molar-refractivity contribution is 0.0697. The van der Waals surface area contributed by atoms with Gasteiger partial charge in [-0.25, -0.2) is 18.6 Å². The van der Waals surface area contributed by atoms with Crippen LogP contribution in [0.25, 0.3) is 10.6 Å². The average Bonchev–Trinajstić information content (AvgIpc) is 2.72. The zero-order valence-electron chi connectivity index (χ0n) is 9.81. The van der Waals surface area contributed by atoms with E-state index in [0.29, 0.717) is 0 Å². The zero-order valence-corrected chi connectivity index (χ0v) is 10.6. The molecule has 2 aromatic rings. The third-order valence-electron chi connectivity index (χ3n) is 2.28. The van der Waals surface area contributed by atoms with E-state index in [4.69, 9.17) is 9.84 Å². The van der Waals surface area contributed by atoms with Gasteiger partial charge >= 0.3 is 5.97 Å². The topological polar surface area (TPSA) is 59.4 Å². The third-order valence-corrected chi connectivity index (χ3v) is 3.42. The predicted octanol–water partition coefficient (Wildman–Crippen LogP) is 2.93. The number of carboxylic acid groups (broad SMARTS) is 1. The first-order chi connectivity index (χ1) is 9.01. The van der Waals surface area contributed by atoms with Gasteiger partial charge in [0.15, 0.2) is 0 Å². The van der Waals surface area contributed by atoms with E-state index in [1.54, 1.807) is 0 Å². The van der Waals surface area contributed by atoms with Crippen LogP contribution in [0.2, 0.25) is 0 Å². The summed E-state index contributed by atoms with van der Waals surface area (Å²) < 4.78 is 31.1. The number of nitrogens with zero attached hydrogens (tertiary/aromatic N) is 1. The van der Waals surface area contributed by atoms with E-state index in [0.717, 1.165) is 29.5 Å². The van der Waals surface area contributed by atoms with Gasteiger partial charge in [-0.1, -0.05) is 0 Å². The van der Waals surface area contributed by atoms with Crippen LogP contribution >= 0.6 is 11.3 Å². The first kappa shape index (κ1) is 13.6. The Bertz CT molecular complexity index is 607. The molecule has 0 saturated heterocycles. The number of thiazole rings is 1. The largest absolute Gasteiger partial charge is 0.477 e. The highest BCUT2D eigenvalue weighted by Gasteiger charge is 2.18. The fourth-order valence-electron chi connectivity index (χ4n) is 1.55. The number of methoxy groups -OCH3 is 1. The summed E-state index contributed by atoms with van der Waals surface area (Å²) in [6, 6.07) is 2.94. The molecule has 0 amide bonds. The van der Waals surface area contributed by atoms with Crippen molar-refractivity contribution in [2.24, 2.45) is 0 Å². The molecule has 0 aliphatic carbocycles. The maximum Gasteiger partial charge on any atom is 0.347 e. The molecular weight excluding hydrogens is 276 g/mol. The Balaban J connectivity index is 2.50. The quantitative estimate of drug-likeness (QED) is 0.938. The van der Waals surface area contributed by atoms with Crippen molar-refractivity contribution in [1.29, 1.82) is 0 Å². The first-order valence-corrected chi connectivity index (χ1v) is 6.01. The monoisotopic (exact) mass is 285 g/mol. The number of aromatic carboxylic acids is 1. The fourth-order valence-corrected chi connectivity index (χ4v) is 2.45. The minimum Gasteiger partial charge on any atom is -0.477 e. The molecule has 1 heterocycles. The summed E-state index contributed by atoms with van der Waals surface area (Å²) in [6.07, 6.45) is 0. The van der Waals surface area contributed by atoms with Crippen LogP contribution < -0.4 is 0 Å². The molecule has 0 bridgehead atoms. The summed E-state index contributed by atoms with van der Waals surface area (Å²) in [7, 11) is 1.41. The van der Waals surface area contributed by atoms with E-state index < -0.39 is 17.6 Å². The number of aromatic nitrogens is 1. The molecule has 0 atom stereocenters. The zero-order chi connectivity index (χ0) is 14.0. The fraction of sp³-hybridized carbons (Fsp3) is 0.167. The first-order valence-electron chi connectivity index (χ1n) is 5.19. The Kier molecular flexibility index (Phi) is 3.87. The molecule has 0 saturated carbocycles. The molecular formula is C12H9F2NO3S. The number of hydrogen-bond acceptors (Lipinski definition) is 4. The van der Waals surface area contributed by atoms with Gasteiger partial charge in [-0.05, 0) is 12.1 Å². The van der Waals surface area contributed by atoms with Crippen LogP contribution in [0.5, 0.6) is 0 Å². The van der Waals surface area contributed by atoms with Crippen LogP contribution in [-0.2, 0) is 11.3 Å². The molecule has 0 fully saturated rings. The highest BCUT2D eigenvalue weighted by molar-refractivity contribution is 7.17. The van der Waals surface area contributed by atoms with Crippen molar-refractivity contribution < 1.29 is 23.4 Å². The van der Waals surface area contributed by atoms with E-state index in [2.05, 4.69) is 4.98 Å². The number of halogens is 2. The summed E-state index contributed by atoms with van der Waals surface area (Å²) in [5.74, 6) is -2.63. The molecule has 4 nitrogen and oxygen atoms in total. The third kappa shape index (κ3) is 2.94. The van der Waals surface area contributed by atoms with E-state index >= 15 is 0 Å². The number of carboxylic acids is 1. The maximum absolute atomic E-state index is 13.1. The van der Waals surface area contributed by atoms with Gasteiger partial charge in [-0.15, -0.1) is 11.3 Å². The van der Waals surface area contributed by atoms with Crippen LogP contribution in [0.4, 0.5) is 8.78 Å². The second-order valence-electron chi connectivity index (χ2n) is 3.69. The maximum atomic E-state index is 13.1. The molecule has 0 radical (unpaired) electrons. The number of ether oxygens (including phenoxy) is 1. The van der Waals surface area contributed by atoms with Gasteiger partial charge in [-0.2, -0.15) is 0 Å². The summed E-state index contributed by atoms with van der Waals surface area (Å²) in [6.45, 7) is 0.0237. The normalized spacial score (nSPS) is 10.7. The Labute approximate surface area is 111 Å². The lowest BCUT2D eigenvalue weighted by Gasteiger charge is -1.97.